The molecule has 0 aliphatic carbocycles. The van der Waals surface area contributed by atoms with Gasteiger partial charge in [0, 0.05) is 29.8 Å². The minimum atomic E-state index is -0.570. The Labute approximate surface area is 161 Å². The molecule has 10 nitrogen and oxygen atoms in total. The van der Waals surface area contributed by atoms with Gasteiger partial charge in [-0.05, 0) is 38.0 Å². The van der Waals surface area contributed by atoms with Crippen LogP contribution in [0.3, 0.4) is 0 Å². The van der Waals surface area contributed by atoms with E-state index in [-0.39, 0.29) is 23.6 Å². The molecule has 2 N–H and O–H groups in total. The Morgan fingerprint density at radius 2 is 1.93 bits per heavy atom. The Balaban J connectivity index is 1.86. The van der Waals surface area contributed by atoms with Crippen molar-refractivity contribution in [3.63, 3.8) is 0 Å². The predicted octanol–water partition coefficient (Wildman–Crippen LogP) is 1.72. The zero-order valence-corrected chi connectivity index (χ0v) is 15.6. The highest BCUT2D eigenvalue weighted by molar-refractivity contribution is 5.95. The van der Waals surface area contributed by atoms with E-state index in [9.17, 15) is 19.7 Å². The molecule has 28 heavy (non-hydrogen) atoms. The van der Waals surface area contributed by atoms with E-state index in [4.69, 9.17) is 5.26 Å². The molecule has 2 aromatic rings. The van der Waals surface area contributed by atoms with Crippen molar-refractivity contribution in [1.82, 2.24) is 20.6 Å². The fourth-order valence-corrected chi connectivity index (χ4v) is 2.70. The van der Waals surface area contributed by atoms with E-state index in [0.717, 1.165) is 17.0 Å². The Hall–Kier alpha value is -3.74. The van der Waals surface area contributed by atoms with Crippen molar-refractivity contribution < 1.29 is 14.5 Å². The number of carbonyl (C=O) groups is 2. The average molecular weight is 384 g/mol. The molecule has 0 bridgehead atoms. The van der Waals surface area contributed by atoms with Gasteiger partial charge in [0.05, 0.1) is 29.7 Å². The number of rotatable bonds is 7. The first kappa shape index (κ1) is 20.6. The van der Waals surface area contributed by atoms with Crippen molar-refractivity contribution in [3.05, 3.63) is 56.9 Å². The van der Waals surface area contributed by atoms with Gasteiger partial charge in [-0.2, -0.15) is 10.4 Å². The molecule has 146 valence electrons. The summed E-state index contributed by atoms with van der Waals surface area (Å²) in [7, 11) is 0. The zero-order valence-electron chi connectivity index (χ0n) is 15.6. The van der Waals surface area contributed by atoms with Crippen LogP contribution < -0.4 is 10.9 Å². The summed E-state index contributed by atoms with van der Waals surface area (Å²) in [6, 6.07) is 7.12. The average Bonchev–Trinajstić information content (AvgIpc) is 2.95. The van der Waals surface area contributed by atoms with Gasteiger partial charge in [-0.15, -0.1) is 0 Å². The maximum absolute atomic E-state index is 12.0. The van der Waals surface area contributed by atoms with Crippen LogP contribution in [-0.4, -0.2) is 26.5 Å². The number of hydrazine groups is 1. The van der Waals surface area contributed by atoms with Crippen molar-refractivity contribution in [3.8, 4) is 6.07 Å². The van der Waals surface area contributed by atoms with Crippen molar-refractivity contribution in [2.75, 3.05) is 0 Å². The maximum Gasteiger partial charge on any atom is 0.269 e. The quantitative estimate of drug-likeness (QED) is 0.549. The van der Waals surface area contributed by atoms with E-state index in [0.29, 0.717) is 19.4 Å². The molecule has 0 atom stereocenters. The highest BCUT2D eigenvalue weighted by atomic mass is 16.6. The first-order valence-corrected chi connectivity index (χ1v) is 8.57. The van der Waals surface area contributed by atoms with Crippen molar-refractivity contribution in [2.24, 2.45) is 0 Å². The Kier molecular flexibility index (Phi) is 6.81. The van der Waals surface area contributed by atoms with Crippen LogP contribution in [0.5, 0.6) is 0 Å². The number of nitrogens with one attached hydrogen (secondary N) is 2. The number of nitrogens with zero attached hydrogens (tertiary/aromatic N) is 4. The van der Waals surface area contributed by atoms with Crippen LogP contribution in [-0.2, 0) is 17.8 Å². The van der Waals surface area contributed by atoms with Crippen LogP contribution in [0.15, 0.2) is 24.3 Å². The lowest BCUT2D eigenvalue weighted by atomic mass is 10.1. The second-order valence-corrected chi connectivity index (χ2v) is 6.09. The molecule has 2 amide bonds. The van der Waals surface area contributed by atoms with Gasteiger partial charge in [-0.3, -0.25) is 35.2 Å². The molecule has 2 rings (SSSR count). The fraction of sp³-hybridized carbons (Fsp3) is 0.333. The molecular formula is C18H20N6O4. The van der Waals surface area contributed by atoms with Gasteiger partial charge >= 0.3 is 0 Å². The summed E-state index contributed by atoms with van der Waals surface area (Å²) in [4.78, 5) is 34.0. The number of nitro benzene ring substituents is 1. The molecule has 0 fully saturated rings. The Morgan fingerprint density at radius 1 is 1.25 bits per heavy atom. The molecule has 1 heterocycles. The topological polar surface area (TPSA) is 143 Å². The van der Waals surface area contributed by atoms with E-state index in [1.807, 2.05) is 13.8 Å². The van der Waals surface area contributed by atoms with Crippen LogP contribution in [0.4, 0.5) is 5.69 Å². The lowest BCUT2D eigenvalue weighted by Gasteiger charge is -2.08. The smallest absolute Gasteiger partial charge is 0.269 e. The molecule has 0 saturated heterocycles. The highest BCUT2D eigenvalue weighted by Gasteiger charge is 2.14. The van der Waals surface area contributed by atoms with E-state index in [1.54, 1.807) is 4.68 Å². The third-order valence-electron chi connectivity index (χ3n) is 4.22. The highest BCUT2D eigenvalue weighted by Crippen LogP contribution is 2.15. The van der Waals surface area contributed by atoms with Gasteiger partial charge < -0.3 is 0 Å². The van der Waals surface area contributed by atoms with E-state index in [1.165, 1.54) is 24.3 Å². The Bertz CT molecular complexity index is 927. The summed E-state index contributed by atoms with van der Waals surface area (Å²) in [5, 5.41) is 23.7. The van der Waals surface area contributed by atoms with Crippen LogP contribution in [0.2, 0.25) is 0 Å². The second-order valence-electron chi connectivity index (χ2n) is 6.09. The molecule has 0 aliphatic rings. The van der Waals surface area contributed by atoms with Gasteiger partial charge in [-0.1, -0.05) is 0 Å². The number of carbonyl (C=O) groups excluding carboxylic acids is 2. The van der Waals surface area contributed by atoms with E-state index < -0.39 is 10.8 Å². The maximum atomic E-state index is 12.0. The number of aryl methyl sites for hydroxylation is 2. The van der Waals surface area contributed by atoms with E-state index in [2.05, 4.69) is 22.0 Å². The largest absolute Gasteiger partial charge is 0.273 e. The third kappa shape index (κ3) is 5.14. The third-order valence-corrected chi connectivity index (χ3v) is 4.22. The van der Waals surface area contributed by atoms with Crippen molar-refractivity contribution >= 4 is 17.5 Å². The SMILES string of the molecule is Cc1nn(CCC#N)c(C)c1CCC(=O)NNC(=O)c1ccc([N+](=O)[O-])cc1. The predicted molar refractivity (Wildman–Crippen MR) is 99.0 cm³/mol. The van der Waals surface area contributed by atoms with Crippen LogP contribution in [0, 0.1) is 35.3 Å². The van der Waals surface area contributed by atoms with Gasteiger partial charge in [0.1, 0.15) is 0 Å². The first-order valence-electron chi connectivity index (χ1n) is 8.57. The lowest BCUT2D eigenvalue weighted by Crippen LogP contribution is -2.41. The summed E-state index contributed by atoms with van der Waals surface area (Å²) in [6.45, 7) is 4.24. The summed E-state index contributed by atoms with van der Waals surface area (Å²) in [5.74, 6) is -0.946. The van der Waals surface area contributed by atoms with Crippen LogP contribution in [0.1, 0.15) is 40.2 Å². The zero-order chi connectivity index (χ0) is 20.7. The van der Waals surface area contributed by atoms with Gasteiger partial charge in [0.15, 0.2) is 0 Å². The summed E-state index contributed by atoms with van der Waals surface area (Å²) >= 11 is 0. The molecule has 0 spiro atoms. The van der Waals surface area contributed by atoms with Crippen LogP contribution in [0.25, 0.3) is 0 Å². The number of benzene rings is 1. The van der Waals surface area contributed by atoms with Gasteiger partial charge in [0.25, 0.3) is 11.6 Å². The molecule has 1 aromatic heterocycles. The summed E-state index contributed by atoms with van der Waals surface area (Å²) < 4.78 is 1.75. The van der Waals surface area contributed by atoms with Gasteiger partial charge in [0.2, 0.25) is 5.91 Å². The van der Waals surface area contributed by atoms with Crippen molar-refractivity contribution in [2.45, 2.75) is 39.7 Å². The Morgan fingerprint density at radius 3 is 2.54 bits per heavy atom. The number of non-ortho nitro benzene ring substituents is 1. The number of hydrogen-bond donors (Lipinski definition) is 2. The molecular weight excluding hydrogens is 364 g/mol. The number of nitriles is 1. The first-order chi connectivity index (χ1) is 13.3. The number of hydrogen-bond acceptors (Lipinski definition) is 6. The summed E-state index contributed by atoms with van der Waals surface area (Å²) in [5.41, 5.74) is 7.33. The molecule has 0 saturated carbocycles. The van der Waals surface area contributed by atoms with Crippen molar-refractivity contribution in [1.29, 1.82) is 5.26 Å². The normalized spacial score (nSPS) is 10.2. The number of nitro groups is 1. The number of amides is 2. The fourth-order valence-electron chi connectivity index (χ4n) is 2.70. The molecule has 10 heteroatoms. The van der Waals surface area contributed by atoms with Crippen LogP contribution >= 0.6 is 0 Å². The monoisotopic (exact) mass is 384 g/mol. The molecule has 0 unspecified atom stereocenters. The lowest BCUT2D eigenvalue weighted by molar-refractivity contribution is -0.384. The minimum Gasteiger partial charge on any atom is -0.273 e. The minimum absolute atomic E-state index is 0.123. The summed E-state index contributed by atoms with van der Waals surface area (Å²) in [6.07, 6.45) is 0.951. The molecule has 0 radical (unpaired) electrons. The second kappa shape index (κ2) is 9.27. The molecule has 0 aliphatic heterocycles. The molecule has 1 aromatic carbocycles. The standard InChI is InChI=1S/C18H20N6O4/c1-12-16(13(2)23(22-12)11-3-10-19)8-9-17(25)20-21-18(26)14-4-6-15(7-5-14)24(27)28/h4-7H,3,8-9,11H2,1-2H3,(H,20,25)(H,21,26). The number of aromatic nitrogens is 2. The van der Waals surface area contributed by atoms with E-state index >= 15 is 0 Å². The van der Waals surface area contributed by atoms with Gasteiger partial charge in [-0.25, -0.2) is 0 Å².